The van der Waals surface area contributed by atoms with Gasteiger partial charge in [-0.25, -0.2) is 0 Å². The number of carbonyl (C=O) groups excluding carboxylic acids is 1. The van der Waals surface area contributed by atoms with Gasteiger partial charge in [-0.05, 0) is 18.6 Å². The molecule has 0 amide bonds. The predicted octanol–water partition coefficient (Wildman–Crippen LogP) is 4.65. The monoisotopic (exact) mass is 284 g/mol. The standard InChI is InChI=1S/C18H24OSi/c1-16-10-12-17(13-11-16)15-18(19)9-7-5-6-8-14-20(2,3)4/h5-14H,15H2,1-4H3/b6-5+,9-7+,14-8+. The summed E-state index contributed by atoms with van der Waals surface area (Å²) in [4.78, 5) is 11.8. The fraction of sp³-hybridized carbons (Fsp3) is 0.278. The molecule has 0 aliphatic rings. The largest absolute Gasteiger partial charge is 0.294 e. The molecule has 1 rings (SSSR count). The van der Waals surface area contributed by atoms with Crippen LogP contribution in [0.15, 0.2) is 60.3 Å². The summed E-state index contributed by atoms with van der Waals surface area (Å²) in [6, 6.07) is 8.09. The predicted molar refractivity (Wildman–Crippen MR) is 90.7 cm³/mol. The second-order valence-electron chi connectivity index (χ2n) is 6.10. The van der Waals surface area contributed by atoms with Crippen LogP contribution in [0.5, 0.6) is 0 Å². The lowest BCUT2D eigenvalue weighted by molar-refractivity contribution is -0.114. The normalized spacial score (nSPS) is 12.8. The highest BCUT2D eigenvalue weighted by Crippen LogP contribution is 2.05. The third kappa shape index (κ3) is 7.69. The fourth-order valence-corrected chi connectivity index (χ4v) is 2.29. The van der Waals surface area contributed by atoms with E-state index in [4.69, 9.17) is 0 Å². The molecular formula is C18H24OSi. The summed E-state index contributed by atoms with van der Waals surface area (Å²) < 4.78 is 0. The van der Waals surface area contributed by atoms with Crippen molar-refractivity contribution < 1.29 is 4.79 Å². The molecule has 0 unspecified atom stereocenters. The summed E-state index contributed by atoms with van der Waals surface area (Å²) in [6.07, 6.45) is 9.87. The number of hydrogen-bond acceptors (Lipinski definition) is 1. The summed E-state index contributed by atoms with van der Waals surface area (Å²) in [6.45, 7) is 8.92. The van der Waals surface area contributed by atoms with Crippen LogP contribution in [-0.2, 0) is 11.2 Å². The third-order valence-corrected chi connectivity index (χ3v) is 3.90. The van der Waals surface area contributed by atoms with Crippen molar-refractivity contribution in [2.75, 3.05) is 0 Å². The Morgan fingerprint density at radius 1 is 1.00 bits per heavy atom. The summed E-state index contributed by atoms with van der Waals surface area (Å²) >= 11 is 0. The van der Waals surface area contributed by atoms with Crippen LogP contribution in [0.4, 0.5) is 0 Å². The quantitative estimate of drug-likeness (QED) is 0.422. The van der Waals surface area contributed by atoms with Crippen LogP contribution in [0.2, 0.25) is 19.6 Å². The molecule has 0 saturated carbocycles. The van der Waals surface area contributed by atoms with Crippen molar-refractivity contribution in [3.05, 3.63) is 71.5 Å². The van der Waals surface area contributed by atoms with Crippen molar-refractivity contribution in [1.82, 2.24) is 0 Å². The molecule has 0 atom stereocenters. The van der Waals surface area contributed by atoms with Crippen molar-refractivity contribution in [1.29, 1.82) is 0 Å². The summed E-state index contributed by atoms with van der Waals surface area (Å²) in [5.41, 5.74) is 4.55. The molecule has 1 aromatic rings. The van der Waals surface area contributed by atoms with Crippen molar-refractivity contribution in [3.8, 4) is 0 Å². The van der Waals surface area contributed by atoms with E-state index in [1.165, 1.54) is 5.56 Å². The van der Waals surface area contributed by atoms with Crippen molar-refractivity contribution in [2.45, 2.75) is 33.0 Å². The Balaban J connectivity index is 2.42. The van der Waals surface area contributed by atoms with Crippen LogP contribution in [0.25, 0.3) is 0 Å². The molecular weight excluding hydrogens is 260 g/mol. The van der Waals surface area contributed by atoms with E-state index in [1.54, 1.807) is 6.08 Å². The molecule has 106 valence electrons. The maximum atomic E-state index is 11.8. The Labute approximate surface area is 123 Å². The van der Waals surface area contributed by atoms with Crippen molar-refractivity contribution in [3.63, 3.8) is 0 Å². The molecule has 0 N–H and O–H groups in total. The molecule has 2 heteroatoms. The van der Waals surface area contributed by atoms with Crippen LogP contribution in [0.3, 0.4) is 0 Å². The highest BCUT2D eigenvalue weighted by atomic mass is 28.3. The summed E-state index contributed by atoms with van der Waals surface area (Å²) in [7, 11) is -1.12. The third-order valence-electron chi connectivity index (χ3n) is 2.71. The molecule has 0 fully saturated rings. The lowest BCUT2D eigenvalue weighted by Gasteiger charge is -2.06. The highest BCUT2D eigenvalue weighted by Gasteiger charge is 2.05. The lowest BCUT2D eigenvalue weighted by Crippen LogP contribution is -2.14. The first-order valence-corrected chi connectivity index (χ1v) is 10.6. The van der Waals surface area contributed by atoms with Gasteiger partial charge in [0.05, 0.1) is 8.07 Å². The van der Waals surface area contributed by atoms with Gasteiger partial charge in [-0.2, -0.15) is 0 Å². The smallest absolute Gasteiger partial charge is 0.160 e. The van der Waals surface area contributed by atoms with Crippen LogP contribution < -0.4 is 0 Å². The van der Waals surface area contributed by atoms with E-state index in [2.05, 4.69) is 31.4 Å². The second-order valence-corrected chi connectivity index (χ2v) is 11.2. The molecule has 0 aromatic heterocycles. The van der Waals surface area contributed by atoms with Gasteiger partial charge in [0.2, 0.25) is 0 Å². The van der Waals surface area contributed by atoms with E-state index < -0.39 is 8.07 Å². The zero-order chi connectivity index (χ0) is 15.0. The SMILES string of the molecule is Cc1ccc(CC(=O)/C=C/C=C/C=C/[Si](C)(C)C)cc1. The Hall–Kier alpha value is -1.67. The fourth-order valence-electron chi connectivity index (χ4n) is 1.60. The molecule has 1 nitrogen and oxygen atoms in total. The first-order chi connectivity index (χ1) is 9.37. The zero-order valence-electron chi connectivity index (χ0n) is 12.9. The zero-order valence-corrected chi connectivity index (χ0v) is 13.9. The number of aryl methyl sites for hydroxylation is 1. The maximum absolute atomic E-state index is 11.8. The number of hydrogen-bond donors (Lipinski definition) is 0. The Kier molecular flexibility index (Phi) is 6.39. The molecule has 0 saturated heterocycles. The van der Waals surface area contributed by atoms with Gasteiger partial charge in [0.1, 0.15) is 0 Å². The molecule has 0 aliphatic carbocycles. The molecule has 0 bridgehead atoms. The molecule has 0 radical (unpaired) electrons. The highest BCUT2D eigenvalue weighted by molar-refractivity contribution is 6.80. The summed E-state index contributed by atoms with van der Waals surface area (Å²) in [5.74, 6) is 0.132. The molecule has 0 aliphatic heterocycles. The van der Waals surface area contributed by atoms with Gasteiger partial charge in [0.15, 0.2) is 5.78 Å². The minimum absolute atomic E-state index is 0.132. The minimum Gasteiger partial charge on any atom is -0.294 e. The average molecular weight is 284 g/mol. The molecule has 0 spiro atoms. The van der Waals surface area contributed by atoms with E-state index in [1.807, 2.05) is 49.4 Å². The number of rotatable bonds is 6. The van der Waals surface area contributed by atoms with Gasteiger partial charge in [-0.1, -0.05) is 79.5 Å². The van der Waals surface area contributed by atoms with E-state index >= 15 is 0 Å². The Morgan fingerprint density at radius 3 is 2.20 bits per heavy atom. The van der Waals surface area contributed by atoms with E-state index in [0.717, 1.165) is 5.56 Å². The van der Waals surface area contributed by atoms with Crippen LogP contribution in [-0.4, -0.2) is 13.9 Å². The number of ketones is 1. The van der Waals surface area contributed by atoms with Crippen LogP contribution >= 0.6 is 0 Å². The lowest BCUT2D eigenvalue weighted by atomic mass is 10.1. The Bertz CT molecular complexity index is 513. The van der Waals surface area contributed by atoms with E-state index in [9.17, 15) is 4.79 Å². The molecule has 0 heterocycles. The van der Waals surface area contributed by atoms with Crippen LogP contribution in [0.1, 0.15) is 11.1 Å². The van der Waals surface area contributed by atoms with Gasteiger partial charge in [0.25, 0.3) is 0 Å². The number of benzene rings is 1. The summed E-state index contributed by atoms with van der Waals surface area (Å²) in [5, 5.41) is 0. The van der Waals surface area contributed by atoms with Gasteiger partial charge in [-0.3, -0.25) is 4.79 Å². The van der Waals surface area contributed by atoms with Gasteiger partial charge >= 0.3 is 0 Å². The molecule has 20 heavy (non-hydrogen) atoms. The topological polar surface area (TPSA) is 17.1 Å². The second kappa shape index (κ2) is 7.80. The maximum Gasteiger partial charge on any atom is 0.160 e. The van der Waals surface area contributed by atoms with Gasteiger partial charge in [-0.15, -0.1) is 0 Å². The first kappa shape index (κ1) is 16.4. The average Bonchev–Trinajstić information content (AvgIpc) is 2.35. The molecule has 1 aromatic carbocycles. The first-order valence-electron chi connectivity index (χ1n) is 6.98. The Morgan fingerprint density at radius 2 is 1.60 bits per heavy atom. The van der Waals surface area contributed by atoms with Gasteiger partial charge in [0, 0.05) is 6.42 Å². The van der Waals surface area contributed by atoms with E-state index in [0.29, 0.717) is 6.42 Å². The van der Waals surface area contributed by atoms with Crippen LogP contribution in [0, 0.1) is 6.92 Å². The van der Waals surface area contributed by atoms with Crippen molar-refractivity contribution >= 4 is 13.9 Å². The van der Waals surface area contributed by atoms with Gasteiger partial charge < -0.3 is 0 Å². The minimum atomic E-state index is -1.12. The van der Waals surface area contributed by atoms with Crippen molar-refractivity contribution in [2.24, 2.45) is 0 Å². The number of allylic oxidation sites excluding steroid dienone is 5. The number of carbonyl (C=O) groups is 1. The van der Waals surface area contributed by atoms with E-state index in [-0.39, 0.29) is 5.78 Å².